The summed E-state index contributed by atoms with van der Waals surface area (Å²) < 4.78 is 0. The summed E-state index contributed by atoms with van der Waals surface area (Å²) in [5.74, 6) is 3.15. The zero-order chi connectivity index (χ0) is 12.6. The van der Waals surface area contributed by atoms with Gasteiger partial charge in [-0.15, -0.1) is 0 Å². The SMILES string of the molecule is Nc1nccc(NCCSCc2ccccc2)n1. The number of hydrogen-bond acceptors (Lipinski definition) is 5. The fourth-order valence-corrected chi connectivity index (χ4v) is 2.31. The van der Waals surface area contributed by atoms with E-state index in [1.54, 1.807) is 6.20 Å². The molecular weight excluding hydrogens is 244 g/mol. The molecule has 0 bridgehead atoms. The maximum absolute atomic E-state index is 5.50. The van der Waals surface area contributed by atoms with Gasteiger partial charge in [-0.2, -0.15) is 16.7 Å². The highest BCUT2D eigenvalue weighted by Gasteiger charge is 1.95. The van der Waals surface area contributed by atoms with Crippen LogP contribution in [0.4, 0.5) is 11.8 Å². The van der Waals surface area contributed by atoms with Crippen LogP contribution >= 0.6 is 11.8 Å². The molecule has 0 aliphatic rings. The lowest BCUT2D eigenvalue weighted by atomic mass is 10.2. The number of hydrogen-bond donors (Lipinski definition) is 2. The summed E-state index contributed by atoms with van der Waals surface area (Å²) in [6.45, 7) is 0.869. The maximum atomic E-state index is 5.50. The molecule has 2 aromatic rings. The summed E-state index contributed by atoms with van der Waals surface area (Å²) in [4.78, 5) is 7.92. The molecule has 94 valence electrons. The summed E-state index contributed by atoms with van der Waals surface area (Å²) in [7, 11) is 0. The van der Waals surface area contributed by atoms with Gasteiger partial charge < -0.3 is 11.1 Å². The fraction of sp³-hybridized carbons (Fsp3) is 0.231. The monoisotopic (exact) mass is 260 g/mol. The summed E-state index contributed by atoms with van der Waals surface area (Å²) in [6, 6.07) is 12.3. The predicted octanol–water partition coefficient (Wildman–Crippen LogP) is 2.40. The van der Waals surface area contributed by atoms with E-state index in [2.05, 4.69) is 39.6 Å². The molecule has 0 saturated heterocycles. The summed E-state index contributed by atoms with van der Waals surface area (Å²) in [6.07, 6.45) is 1.65. The molecule has 18 heavy (non-hydrogen) atoms. The van der Waals surface area contributed by atoms with Crippen molar-refractivity contribution in [1.82, 2.24) is 9.97 Å². The number of nitrogens with two attached hydrogens (primary N) is 1. The molecule has 1 heterocycles. The molecule has 0 atom stereocenters. The number of benzene rings is 1. The van der Waals surface area contributed by atoms with Crippen LogP contribution < -0.4 is 11.1 Å². The average molecular weight is 260 g/mol. The largest absolute Gasteiger partial charge is 0.369 e. The highest BCUT2D eigenvalue weighted by atomic mass is 32.2. The van der Waals surface area contributed by atoms with Crippen LogP contribution in [0.3, 0.4) is 0 Å². The molecule has 5 heteroatoms. The Hall–Kier alpha value is -1.75. The standard InChI is InChI=1S/C13H16N4S/c14-13-16-7-6-12(17-13)15-8-9-18-10-11-4-2-1-3-5-11/h1-7H,8-10H2,(H3,14,15,16,17). The first-order chi connectivity index (χ1) is 8.84. The van der Waals surface area contributed by atoms with Crippen LogP contribution in [-0.4, -0.2) is 22.3 Å². The molecule has 1 aromatic carbocycles. The minimum absolute atomic E-state index is 0.303. The first kappa shape index (κ1) is 12.7. The maximum Gasteiger partial charge on any atom is 0.221 e. The smallest absolute Gasteiger partial charge is 0.221 e. The van der Waals surface area contributed by atoms with Gasteiger partial charge in [0.15, 0.2) is 0 Å². The third-order valence-electron chi connectivity index (χ3n) is 2.34. The van der Waals surface area contributed by atoms with Crippen molar-refractivity contribution in [1.29, 1.82) is 0 Å². The van der Waals surface area contributed by atoms with Crippen molar-refractivity contribution in [3.8, 4) is 0 Å². The number of nitrogens with one attached hydrogen (secondary N) is 1. The number of rotatable bonds is 6. The van der Waals surface area contributed by atoms with Gasteiger partial charge in [0, 0.05) is 24.2 Å². The van der Waals surface area contributed by atoms with Gasteiger partial charge in [0.25, 0.3) is 0 Å². The number of aromatic nitrogens is 2. The van der Waals surface area contributed by atoms with E-state index >= 15 is 0 Å². The van der Waals surface area contributed by atoms with E-state index < -0.39 is 0 Å². The van der Waals surface area contributed by atoms with E-state index in [-0.39, 0.29) is 0 Å². The minimum atomic E-state index is 0.303. The van der Waals surface area contributed by atoms with Crippen molar-refractivity contribution in [3.63, 3.8) is 0 Å². The van der Waals surface area contributed by atoms with E-state index in [1.165, 1.54) is 5.56 Å². The van der Waals surface area contributed by atoms with E-state index in [9.17, 15) is 0 Å². The Kier molecular flexibility index (Phi) is 4.84. The molecule has 3 N–H and O–H groups in total. The van der Waals surface area contributed by atoms with Crippen LogP contribution in [0, 0.1) is 0 Å². The lowest BCUT2D eigenvalue weighted by Crippen LogP contribution is -2.07. The van der Waals surface area contributed by atoms with Crippen LogP contribution in [0.2, 0.25) is 0 Å². The minimum Gasteiger partial charge on any atom is -0.369 e. The van der Waals surface area contributed by atoms with Gasteiger partial charge in [-0.05, 0) is 11.6 Å². The van der Waals surface area contributed by atoms with Crippen molar-refractivity contribution >= 4 is 23.5 Å². The Morgan fingerprint density at radius 1 is 1.17 bits per heavy atom. The van der Waals surface area contributed by atoms with Crippen LogP contribution in [0.1, 0.15) is 5.56 Å². The van der Waals surface area contributed by atoms with Gasteiger partial charge in [0.05, 0.1) is 0 Å². The third kappa shape index (κ3) is 4.25. The first-order valence-electron chi connectivity index (χ1n) is 5.78. The molecule has 0 radical (unpaired) electrons. The Bertz CT molecular complexity index is 475. The van der Waals surface area contributed by atoms with Crippen LogP contribution in [-0.2, 0) is 5.75 Å². The topological polar surface area (TPSA) is 63.8 Å². The lowest BCUT2D eigenvalue weighted by molar-refractivity contribution is 1.13. The highest BCUT2D eigenvalue weighted by Crippen LogP contribution is 2.11. The van der Waals surface area contributed by atoms with Gasteiger partial charge in [-0.1, -0.05) is 30.3 Å². The van der Waals surface area contributed by atoms with Crippen molar-refractivity contribution in [2.24, 2.45) is 0 Å². The Balaban J connectivity index is 1.65. The molecule has 0 unspecified atom stereocenters. The van der Waals surface area contributed by atoms with Gasteiger partial charge >= 0.3 is 0 Å². The van der Waals surface area contributed by atoms with Crippen molar-refractivity contribution in [2.75, 3.05) is 23.3 Å². The van der Waals surface area contributed by atoms with Crippen LogP contribution in [0.5, 0.6) is 0 Å². The van der Waals surface area contributed by atoms with E-state index in [1.807, 2.05) is 23.9 Å². The quantitative estimate of drug-likeness (QED) is 0.781. The summed E-state index contributed by atoms with van der Waals surface area (Å²) >= 11 is 1.89. The van der Waals surface area contributed by atoms with Crippen molar-refractivity contribution < 1.29 is 0 Å². The molecular formula is C13H16N4S. The Labute approximate surface area is 111 Å². The number of thioether (sulfide) groups is 1. The molecule has 2 rings (SSSR count). The fourth-order valence-electron chi connectivity index (χ4n) is 1.49. The average Bonchev–Trinajstić information content (AvgIpc) is 2.40. The van der Waals surface area contributed by atoms with E-state index in [4.69, 9.17) is 5.73 Å². The van der Waals surface area contributed by atoms with Gasteiger partial charge in [0.1, 0.15) is 5.82 Å². The zero-order valence-corrected chi connectivity index (χ0v) is 10.9. The molecule has 0 spiro atoms. The van der Waals surface area contributed by atoms with Gasteiger partial charge in [-0.25, -0.2) is 4.98 Å². The predicted molar refractivity (Wildman–Crippen MR) is 77.5 cm³/mol. The summed E-state index contributed by atoms with van der Waals surface area (Å²) in [5.41, 5.74) is 6.85. The van der Waals surface area contributed by atoms with E-state index in [0.717, 1.165) is 23.9 Å². The van der Waals surface area contributed by atoms with Crippen molar-refractivity contribution in [2.45, 2.75) is 5.75 Å². The molecule has 0 aliphatic carbocycles. The number of nitrogens with zero attached hydrogens (tertiary/aromatic N) is 2. The molecule has 1 aromatic heterocycles. The van der Waals surface area contributed by atoms with Crippen molar-refractivity contribution in [3.05, 3.63) is 48.2 Å². The zero-order valence-electron chi connectivity index (χ0n) is 10.0. The number of nitrogen functional groups attached to an aromatic ring is 1. The third-order valence-corrected chi connectivity index (χ3v) is 3.37. The second-order valence-corrected chi connectivity index (χ2v) is 4.87. The van der Waals surface area contributed by atoms with Crippen LogP contribution in [0.25, 0.3) is 0 Å². The Morgan fingerprint density at radius 3 is 2.78 bits per heavy atom. The Morgan fingerprint density at radius 2 is 2.00 bits per heavy atom. The van der Waals surface area contributed by atoms with E-state index in [0.29, 0.717) is 5.95 Å². The molecule has 0 fully saturated rings. The molecule has 0 amide bonds. The normalized spacial score (nSPS) is 10.2. The molecule has 0 aliphatic heterocycles. The summed E-state index contributed by atoms with van der Waals surface area (Å²) in [5, 5.41) is 3.22. The highest BCUT2D eigenvalue weighted by molar-refractivity contribution is 7.98. The lowest BCUT2D eigenvalue weighted by Gasteiger charge is -2.05. The second kappa shape index (κ2) is 6.86. The molecule has 0 saturated carbocycles. The van der Waals surface area contributed by atoms with Crippen LogP contribution in [0.15, 0.2) is 42.6 Å². The number of anilines is 2. The van der Waals surface area contributed by atoms with Gasteiger partial charge in [0.2, 0.25) is 5.95 Å². The first-order valence-corrected chi connectivity index (χ1v) is 6.94. The second-order valence-electron chi connectivity index (χ2n) is 3.77. The van der Waals surface area contributed by atoms with Gasteiger partial charge in [-0.3, -0.25) is 0 Å². The molecule has 4 nitrogen and oxygen atoms in total.